The molecule has 0 aliphatic carbocycles. The summed E-state index contributed by atoms with van der Waals surface area (Å²) in [4.78, 5) is 12.5. The molecule has 0 aromatic heterocycles. The fraction of sp³-hybridized carbons (Fsp3) is 0.0952. The highest BCUT2D eigenvalue weighted by atomic mass is 19.1. The minimum absolute atomic E-state index is 0.0651. The molecule has 0 aliphatic heterocycles. The molecule has 1 N–H and O–H groups in total. The van der Waals surface area contributed by atoms with Gasteiger partial charge in [-0.2, -0.15) is 0 Å². The predicted octanol–water partition coefficient (Wildman–Crippen LogP) is 4.33. The molecule has 0 unspecified atom stereocenters. The summed E-state index contributed by atoms with van der Waals surface area (Å²) in [6.45, 7) is 0.497. The summed E-state index contributed by atoms with van der Waals surface area (Å²) in [6, 6.07) is 23.0. The van der Waals surface area contributed by atoms with E-state index in [2.05, 4.69) is 5.32 Å². The molecule has 3 aromatic carbocycles. The van der Waals surface area contributed by atoms with Gasteiger partial charge in [0.1, 0.15) is 18.2 Å². The fourth-order valence-electron chi connectivity index (χ4n) is 2.42. The molecule has 0 aliphatic rings. The average Bonchev–Trinajstić information content (AvgIpc) is 2.66. The Balaban J connectivity index is 1.68. The molecule has 25 heavy (non-hydrogen) atoms. The highest BCUT2D eigenvalue weighted by molar-refractivity contribution is 5.96. The van der Waals surface area contributed by atoms with Crippen LogP contribution >= 0.6 is 0 Å². The molecule has 3 aromatic rings. The number of carbonyl (C=O) groups excluding carboxylic acids is 1. The Morgan fingerprint density at radius 2 is 1.56 bits per heavy atom. The van der Waals surface area contributed by atoms with Gasteiger partial charge in [-0.25, -0.2) is 4.39 Å². The summed E-state index contributed by atoms with van der Waals surface area (Å²) in [7, 11) is 0. The van der Waals surface area contributed by atoms with Crippen molar-refractivity contribution in [3.05, 3.63) is 101 Å². The number of nitrogens with one attached hydrogen (secondary N) is 1. The van der Waals surface area contributed by atoms with Crippen LogP contribution in [0.25, 0.3) is 0 Å². The molecular formula is C21H18FNO2. The van der Waals surface area contributed by atoms with E-state index < -0.39 is 0 Å². The maximum Gasteiger partial charge on any atom is 0.255 e. The lowest BCUT2D eigenvalue weighted by molar-refractivity contribution is 0.0946. The van der Waals surface area contributed by atoms with E-state index in [1.165, 1.54) is 6.07 Å². The first-order valence-electron chi connectivity index (χ1n) is 8.01. The molecule has 0 heterocycles. The van der Waals surface area contributed by atoms with Crippen LogP contribution in [0.5, 0.6) is 5.75 Å². The van der Waals surface area contributed by atoms with Gasteiger partial charge < -0.3 is 10.1 Å². The van der Waals surface area contributed by atoms with Gasteiger partial charge in [-0.1, -0.05) is 60.7 Å². The third-order valence-electron chi connectivity index (χ3n) is 3.77. The van der Waals surface area contributed by atoms with Crippen LogP contribution in [0.2, 0.25) is 0 Å². The quantitative estimate of drug-likeness (QED) is 0.728. The van der Waals surface area contributed by atoms with E-state index in [0.29, 0.717) is 23.4 Å². The van der Waals surface area contributed by atoms with Crippen molar-refractivity contribution in [2.75, 3.05) is 0 Å². The zero-order valence-corrected chi connectivity index (χ0v) is 13.6. The predicted molar refractivity (Wildman–Crippen MR) is 94.8 cm³/mol. The van der Waals surface area contributed by atoms with E-state index in [1.807, 2.05) is 30.3 Å². The highest BCUT2D eigenvalue weighted by Crippen LogP contribution is 2.20. The van der Waals surface area contributed by atoms with Crippen molar-refractivity contribution < 1.29 is 13.9 Å². The van der Waals surface area contributed by atoms with E-state index in [4.69, 9.17) is 4.74 Å². The number of ether oxygens (including phenoxy) is 1. The number of benzene rings is 3. The molecule has 0 atom stereocenters. The van der Waals surface area contributed by atoms with Crippen LogP contribution in [0, 0.1) is 5.82 Å². The molecule has 0 spiro atoms. The largest absolute Gasteiger partial charge is 0.488 e. The van der Waals surface area contributed by atoms with Crippen molar-refractivity contribution in [2.24, 2.45) is 0 Å². The molecule has 1 amide bonds. The first-order valence-corrected chi connectivity index (χ1v) is 8.01. The van der Waals surface area contributed by atoms with E-state index in [-0.39, 0.29) is 18.3 Å². The number of hydrogen-bond donors (Lipinski definition) is 1. The van der Waals surface area contributed by atoms with Crippen LogP contribution in [-0.2, 0) is 13.2 Å². The SMILES string of the molecule is O=C(NCc1ccccc1)c1ccccc1OCc1ccccc1F. The Kier molecular flexibility index (Phi) is 5.42. The first kappa shape index (κ1) is 16.7. The molecule has 3 nitrogen and oxygen atoms in total. The van der Waals surface area contributed by atoms with Gasteiger partial charge in [0, 0.05) is 12.1 Å². The number of amides is 1. The van der Waals surface area contributed by atoms with E-state index in [1.54, 1.807) is 42.5 Å². The Morgan fingerprint density at radius 1 is 0.880 bits per heavy atom. The van der Waals surface area contributed by atoms with Gasteiger partial charge in [-0.3, -0.25) is 4.79 Å². The van der Waals surface area contributed by atoms with Gasteiger partial charge in [0.2, 0.25) is 0 Å². The third-order valence-corrected chi connectivity index (χ3v) is 3.77. The zero-order valence-electron chi connectivity index (χ0n) is 13.6. The lowest BCUT2D eigenvalue weighted by Gasteiger charge is -2.12. The van der Waals surface area contributed by atoms with Crippen molar-refractivity contribution >= 4 is 5.91 Å². The van der Waals surface area contributed by atoms with Gasteiger partial charge in [-0.15, -0.1) is 0 Å². The smallest absolute Gasteiger partial charge is 0.255 e. The van der Waals surface area contributed by atoms with E-state index in [9.17, 15) is 9.18 Å². The minimum atomic E-state index is -0.325. The van der Waals surface area contributed by atoms with Crippen molar-refractivity contribution in [1.82, 2.24) is 5.32 Å². The topological polar surface area (TPSA) is 38.3 Å². The number of rotatable bonds is 6. The molecule has 0 saturated heterocycles. The van der Waals surface area contributed by atoms with Crippen LogP contribution in [0.3, 0.4) is 0 Å². The van der Waals surface area contributed by atoms with Crippen molar-refractivity contribution in [3.8, 4) is 5.75 Å². The summed E-state index contributed by atoms with van der Waals surface area (Å²) >= 11 is 0. The summed E-state index contributed by atoms with van der Waals surface area (Å²) in [5.74, 6) is -0.127. The molecule has 4 heteroatoms. The van der Waals surface area contributed by atoms with Gasteiger partial charge in [0.15, 0.2) is 0 Å². The van der Waals surface area contributed by atoms with Gasteiger partial charge in [0.05, 0.1) is 5.56 Å². The normalized spacial score (nSPS) is 10.3. The van der Waals surface area contributed by atoms with Crippen molar-refractivity contribution in [1.29, 1.82) is 0 Å². The minimum Gasteiger partial charge on any atom is -0.488 e. The molecule has 0 radical (unpaired) electrons. The van der Waals surface area contributed by atoms with Crippen molar-refractivity contribution in [3.63, 3.8) is 0 Å². The maximum absolute atomic E-state index is 13.7. The van der Waals surface area contributed by atoms with Crippen LogP contribution < -0.4 is 10.1 Å². The fourth-order valence-corrected chi connectivity index (χ4v) is 2.42. The molecular weight excluding hydrogens is 317 g/mol. The summed E-state index contributed by atoms with van der Waals surface area (Å²) in [5, 5.41) is 2.87. The Hall–Kier alpha value is -3.14. The molecule has 3 rings (SSSR count). The van der Waals surface area contributed by atoms with Gasteiger partial charge >= 0.3 is 0 Å². The Bertz CT molecular complexity index is 849. The number of hydrogen-bond acceptors (Lipinski definition) is 2. The lowest BCUT2D eigenvalue weighted by atomic mass is 10.1. The standard InChI is InChI=1S/C21H18FNO2/c22-19-12-6-4-10-17(19)15-25-20-13-7-5-11-18(20)21(24)23-14-16-8-2-1-3-9-16/h1-13H,14-15H2,(H,23,24). The first-order chi connectivity index (χ1) is 12.2. The van der Waals surface area contributed by atoms with Crippen LogP contribution in [0.15, 0.2) is 78.9 Å². The molecule has 0 saturated carbocycles. The number of halogens is 1. The van der Waals surface area contributed by atoms with Gasteiger partial charge in [0.25, 0.3) is 5.91 Å². The van der Waals surface area contributed by atoms with E-state index >= 15 is 0 Å². The monoisotopic (exact) mass is 335 g/mol. The van der Waals surface area contributed by atoms with Crippen LogP contribution in [0.1, 0.15) is 21.5 Å². The number of para-hydroxylation sites is 1. The van der Waals surface area contributed by atoms with Crippen LogP contribution in [-0.4, -0.2) is 5.91 Å². The lowest BCUT2D eigenvalue weighted by Crippen LogP contribution is -2.23. The third kappa shape index (κ3) is 4.44. The van der Waals surface area contributed by atoms with Gasteiger partial charge in [-0.05, 0) is 23.8 Å². The summed E-state index contributed by atoms with van der Waals surface area (Å²) in [5.41, 5.74) is 1.89. The highest BCUT2D eigenvalue weighted by Gasteiger charge is 2.12. The second-order valence-corrected chi connectivity index (χ2v) is 5.54. The molecule has 0 fully saturated rings. The summed E-state index contributed by atoms with van der Waals surface area (Å²) < 4.78 is 19.4. The average molecular weight is 335 g/mol. The molecule has 126 valence electrons. The summed E-state index contributed by atoms with van der Waals surface area (Å²) in [6.07, 6.45) is 0. The Morgan fingerprint density at radius 3 is 2.36 bits per heavy atom. The second kappa shape index (κ2) is 8.11. The van der Waals surface area contributed by atoms with Crippen molar-refractivity contribution in [2.45, 2.75) is 13.2 Å². The molecule has 0 bridgehead atoms. The Labute approximate surface area is 146 Å². The second-order valence-electron chi connectivity index (χ2n) is 5.54. The number of carbonyl (C=O) groups is 1. The van der Waals surface area contributed by atoms with Crippen LogP contribution in [0.4, 0.5) is 4.39 Å². The maximum atomic E-state index is 13.7. The zero-order chi connectivity index (χ0) is 17.5. The van der Waals surface area contributed by atoms with E-state index in [0.717, 1.165) is 5.56 Å².